The van der Waals surface area contributed by atoms with Crippen LogP contribution in [-0.4, -0.2) is 24.0 Å². The average molecular weight is 405 g/mol. The van der Waals surface area contributed by atoms with Crippen LogP contribution in [0.4, 0.5) is 4.39 Å². The first-order valence-corrected chi connectivity index (χ1v) is 8.56. The zero-order chi connectivity index (χ0) is 17.8. The van der Waals surface area contributed by atoms with Crippen molar-refractivity contribution in [3.8, 4) is 17.2 Å². The normalized spacial score (nSPS) is 11.1. The van der Waals surface area contributed by atoms with Gasteiger partial charge in [-0.25, -0.2) is 9.37 Å². The van der Waals surface area contributed by atoms with Gasteiger partial charge in [0.25, 0.3) is 0 Å². The van der Waals surface area contributed by atoms with E-state index in [9.17, 15) is 4.39 Å². The second-order valence-electron chi connectivity index (χ2n) is 5.78. The predicted octanol–water partition coefficient (Wildman–Crippen LogP) is 4.88. The molecule has 6 heteroatoms. The number of rotatable bonds is 6. The average Bonchev–Trinajstić information content (AvgIpc) is 3.04. The van der Waals surface area contributed by atoms with Gasteiger partial charge in [-0.1, -0.05) is 15.9 Å². The summed E-state index contributed by atoms with van der Waals surface area (Å²) < 4.78 is 24.9. The molecule has 0 aliphatic carbocycles. The molecule has 1 heterocycles. The first-order valence-electron chi connectivity index (χ1n) is 7.76. The van der Waals surface area contributed by atoms with Gasteiger partial charge in [-0.3, -0.25) is 4.90 Å². The van der Waals surface area contributed by atoms with E-state index in [4.69, 9.17) is 9.15 Å². The lowest BCUT2D eigenvalue weighted by molar-refractivity contribution is 0.306. The van der Waals surface area contributed by atoms with E-state index in [2.05, 4.69) is 25.8 Å². The van der Waals surface area contributed by atoms with E-state index >= 15 is 0 Å². The fourth-order valence-electron chi connectivity index (χ4n) is 2.60. The topological polar surface area (TPSA) is 38.5 Å². The number of hydrogen-bond donors (Lipinski definition) is 0. The maximum absolute atomic E-state index is 13.0. The van der Waals surface area contributed by atoms with E-state index in [0.717, 1.165) is 27.0 Å². The number of hydrogen-bond acceptors (Lipinski definition) is 4. The Bertz CT molecular complexity index is 849. The minimum absolute atomic E-state index is 0.279. The smallest absolute Gasteiger partial charge is 0.226 e. The van der Waals surface area contributed by atoms with Gasteiger partial charge >= 0.3 is 0 Å². The number of benzene rings is 2. The van der Waals surface area contributed by atoms with Crippen molar-refractivity contribution in [1.29, 1.82) is 0 Å². The molecule has 3 aromatic rings. The molecule has 0 atom stereocenters. The molecule has 130 valence electrons. The fourth-order valence-corrected chi connectivity index (χ4v) is 3.01. The quantitative estimate of drug-likeness (QED) is 0.586. The van der Waals surface area contributed by atoms with Crippen molar-refractivity contribution in [2.75, 3.05) is 14.2 Å². The monoisotopic (exact) mass is 404 g/mol. The highest BCUT2D eigenvalue weighted by Crippen LogP contribution is 2.25. The number of aromatic nitrogens is 1. The van der Waals surface area contributed by atoms with Crippen LogP contribution >= 0.6 is 15.9 Å². The summed E-state index contributed by atoms with van der Waals surface area (Å²) in [7, 11) is 3.67. The summed E-state index contributed by atoms with van der Waals surface area (Å²) in [6, 6.07) is 12.0. The van der Waals surface area contributed by atoms with Crippen LogP contribution in [0, 0.1) is 5.82 Å². The number of methoxy groups -OCH3 is 1. The maximum atomic E-state index is 13.0. The molecule has 0 radical (unpaired) electrons. The van der Waals surface area contributed by atoms with Crippen LogP contribution in [0.3, 0.4) is 0 Å². The Morgan fingerprint density at radius 3 is 2.64 bits per heavy atom. The molecule has 25 heavy (non-hydrogen) atoms. The third kappa shape index (κ3) is 4.46. The van der Waals surface area contributed by atoms with Gasteiger partial charge < -0.3 is 9.15 Å². The molecule has 0 saturated carbocycles. The van der Waals surface area contributed by atoms with Crippen LogP contribution in [0.5, 0.6) is 5.75 Å². The zero-order valence-electron chi connectivity index (χ0n) is 14.0. The molecule has 0 amide bonds. The standard InChI is InChI=1S/C19H18BrFN2O2/c1-23(10-14-9-15(20)5-8-18(14)24-2)11-17-12-25-19(22-17)13-3-6-16(21)7-4-13/h3-9,12H,10-11H2,1-2H3. The van der Waals surface area contributed by atoms with Crippen molar-refractivity contribution in [3.63, 3.8) is 0 Å². The summed E-state index contributed by atoms with van der Waals surface area (Å²) in [5, 5.41) is 0. The minimum atomic E-state index is -0.279. The van der Waals surface area contributed by atoms with E-state index in [1.165, 1.54) is 12.1 Å². The minimum Gasteiger partial charge on any atom is -0.496 e. The van der Waals surface area contributed by atoms with Gasteiger partial charge in [-0.2, -0.15) is 0 Å². The zero-order valence-corrected chi connectivity index (χ0v) is 15.6. The van der Waals surface area contributed by atoms with Gasteiger partial charge in [0.1, 0.15) is 17.8 Å². The highest BCUT2D eigenvalue weighted by atomic mass is 79.9. The van der Waals surface area contributed by atoms with Crippen molar-refractivity contribution < 1.29 is 13.5 Å². The summed E-state index contributed by atoms with van der Waals surface area (Å²) in [6.45, 7) is 1.34. The van der Waals surface area contributed by atoms with Crippen LogP contribution in [-0.2, 0) is 13.1 Å². The lowest BCUT2D eigenvalue weighted by Crippen LogP contribution is -2.18. The Morgan fingerprint density at radius 2 is 1.92 bits per heavy atom. The summed E-state index contributed by atoms with van der Waals surface area (Å²) in [5.74, 6) is 1.06. The lowest BCUT2D eigenvalue weighted by atomic mass is 10.2. The predicted molar refractivity (Wildman–Crippen MR) is 97.8 cm³/mol. The van der Waals surface area contributed by atoms with Crippen LogP contribution < -0.4 is 4.74 Å². The molecular formula is C19H18BrFN2O2. The van der Waals surface area contributed by atoms with Crippen molar-refractivity contribution in [2.45, 2.75) is 13.1 Å². The van der Waals surface area contributed by atoms with Crippen LogP contribution in [0.1, 0.15) is 11.3 Å². The number of nitrogens with zero attached hydrogens (tertiary/aromatic N) is 2. The number of oxazole rings is 1. The molecule has 2 aromatic carbocycles. The summed E-state index contributed by atoms with van der Waals surface area (Å²) in [5.41, 5.74) is 2.65. The third-order valence-corrected chi connectivity index (χ3v) is 4.25. The van der Waals surface area contributed by atoms with Crippen molar-refractivity contribution in [2.24, 2.45) is 0 Å². The van der Waals surface area contributed by atoms with Gasteiger partial charge in [-0.05, 0) is 49.5 Å². The van der Waals surface area contributed by atoms with Gasteiger partial charge in [0.2, 0.25) is 5.89 Å². The Balaban J connectivity index is 1.68. The molecular weight excluding hydrogens is 387 g/mol. The molecule has 3 rings (SSSR count). The Labute approximate surface area is 154 Å². The van der Waals surface area contributed by atoms with Gasteiger partial charge in [0.05, 0.1) is 12.8 Å². The fraction of sp³-hybridized carbons (Fsp3) is 0.211. The van der Waals surface area contributed by atoms with E-state index in [-0.39, 0.29) is 5.82 Å². The van der Waals surface area contributed by atoms with Crippen molar-refractivity contribution in [1.82, 2.24) is 9.88 Å². The van der Waals surface area contributed by atoms with Crippen LogP contribution in [0.15, 0.2) is 57.6 Å². The first kappa shape index (κ1) is 17.6. The lowest BCUT2D eigenvalue weighted by Gasteiger charge is -2.17. The molecule has 4 nitrogen and oxygen atoms in total. The summed E-state index contributed by atoms with van der Waals surface area (Å²) in [4.78, 5) is 6.60. The SMILES string of the molecule is COc1ccc(Br)cc1CN(C)Cc1coc(-c2ccc(F)cc2)n1. The Hall–Kier alpha value is -2.18. The molecule has 1 aromatic heterocycles. The second-order valence-corrected chi connectivity index (χ2v) is 6.70. The highest BCUT2D eigenvalue weighted by molar-refractivity contribution is 9.10. The molecule has 0 bridgehead atoms. The number of halogens is 2. The molecule has 0 N–H and O–H groups in total. The molecule has 0 saturated heterocycles. The largest absolute Gasteiger partial charge is 0.496 e. The van der Waals surface area contributed by atoms with Crippen LogP contribution in [0.25, 0.3) is 11.5 Å². The molecule has 0 aliphatic heterocycles. The number of ether oxygens (including phenoxy) is 1. The van der Waals surface area contributed by atoms with Gasteiger partial charge in [-0.15, -0.1) is 0 Å². The molecule has 0 unspecified atom stereocenters. The first-order chi connectivity index (χ1) is 12.0. The Morgan fingerprint density at radius 1 is 1.16 bits per heavy atom. The highest BCUT2D eigenvalue weighted by Gasteiger charge is 2.11. The molecule has 0 aliphatic rings. The summed E-state index contributed by atoms with van der Waals surface area (Å²) >= 11 is 3.49. The van der Waals surface area contributed by atoms with E-state index in [0.29, 0.717) is 19.0 Å². The molecule has 0 fully saturated rings. The second kappa shape index (κ2) is 7.80. The van der Waals surface area contributed by atoms with Gasteiger partial charge in [0.15, 0.2) is 0 Å². The molecule has 0 spiro atoms. The Kier molecular flexibility index (Phi) is 5.50. The summed E-state index contributed by atoms with van der Waals surface area (Å²) in [6.07, 6.45) is 1.63. The van der Waals surface area contributed by atoms with E-state index < -0.39 is 0 Å². The van der Waals surface area contributed by atoms with Crippen molar-refractivity contribution >= 4 is 15.9 Å². The third-order valence-electron chi connectivity index (χ3n) is 3.76. The van der Waals surface area contributed by atoms with Crippen LogP contribution in [0.2, 0.25) is 0 Å². The van der Waals surface area contributed by atoms with Crippen molar-refractivity contribution in [3.05, 3.63) is 70.3 Å². The van der Waals surface area contributed by atoms with Gasteiger partial charge in [0, 0.05) is 28.7 Å². The van der Waals surface area contributed by atoms with E-state index in [1.54, 1.807) is 25.5 Å². The maximum Gasteiger partial charge on any atom is 0.226 e. The van der Waals surface area contributed by atoms with E-state index in [1.807, 2.05) is 25.2 Å².